The van der Waals surface area contributed by atoms with Gasteiger partial charge in [-0.2, -0.15) is 0 Å². The lowest BCUT2D eigenvalue weighted by molar-refractivity contribution is 0.175. The number of hydrogen-bond donors (Lipinski definition) is 1. The van der Waals surface area contributed by atoms with Crippen molar-refractivity contribution in [1.29, 1.82) is 0 Å². The summed E-state index contributed by atoms with van der Waals surface area (Å²) in [6, 6.07) is 7.52. The lowest BCUT2D eigenvalue weighted by Crippen LogP contribution is -2.15. The van der Waals surface area contributed by atoms with Gasteiger partial charge in [0.2, 0.25) is 0 Å². The first-order chi connectivity index (χ1) is 9.44. The molecule has 106 valence electrons. The molecule has 2 rings (SSSR count). The fourth-order valence-electron chi connectivity index (χ4n) is 2.22. The molecule has 1 N–H and O–H groups in total. The molecule has 0 aliphatic carbocycles. The largest absolute Gasteiger partial charge is 0.392 e. The summed E-state index contributed by atoms with van der Waals surface area (Å²) in [4.78, 5) is 0. The molecular weight excluding hydrogens is 265 g/mol. The fraction of sp³-hybridized carbons (Fsp3) is 0.250. The number of aryl methyl sites for hydroxylation is 1. The van der Waals surface area contributed by atoms with Crippen molar-refractivity contribution in [3.8, 4) is 0 Å². The highest BCUT2D eigenvalue weighted by Crippen LogP contribution is 2.16. The second kappa shape index (κ2) is 6.09. The minimum Gasteiger partial charge on any atom is -0.392 e. The maximum Gasteiger partial charge on any atom is 0.126 e. The van der Waals surface area contributed by atoms with E-state index in [9.17, 15) is 18.3 Å². The Morgan fingerprint density at radius 3 is 2.15 bits per heavy atom. The highest BCUT2D eigenvalue weighted by Gasteiger charge is 2.11. The first kappa shape index (κ1) is 14.6. The van der Waals surface area contributed by atoms with E-state index >= 15 is 0 Å². The normalized spacial score (nSPS) is 12.4. The van der Waals surface area contributed by atoms with Crippen LogP contribution >= 0.6 is 0 Å². The van der Waals surface area contributed by atoms with Gasteiger partial charge >= 0.3 is 0 Å². The summed E-state index contributed by atoms with van der Waals surface area (Å²) >= 11 is 0. The first-order valence-electron chi connectivity index (χ1n) is 6.32. The van der Waals surface area contributed by atoms with Gasteiger partial charge in [-0.05, 0) is 60.7 Å². The Kier molecular flexibility index (Phi) is 4.45. The molecule has 0 fully saturated rings. The predicted octanol–water partition coefficient (Wildman–Crippen LogP) is 3.56. The molecule has 1 nitrogen and oxygen atoms in total. The van der Waals surface area contributed by atoms with E-state index in [2.05, 4.69) is 0 Å². The van der Waals surface area contributed by atoms with Crippen LogP contribution in [-0.4, -0.2) is 11.2 Å². The average molecular weight is 280 g/mol. The molecule has 1 atom stereocenters. The van der Waals surface area contributed by atoms with Crippen molar-refractivity contribution in [1.82, 2.24) is 0 Å². The van der Waals surface area contributed by atoms with Crippen LogP contribution in [0.2, 0.25) is 0 Å². The smallest absolute Gasteiger partial charge is 0.126 e. The molecule has 0 bridgehead atoms. The van der Waals surface area contributed by atoms with Crippen LogP contribution in [0.25, 0.3) is 0 Å². The van der Waals surface area contributed by atoms with Crippen LogP contribution in [0.5, 0.6) is 0 Å². The van der Waals surface area contributed by atoms with Gasteiger partial charge in [0.15, 0.2) is 0 Å². The molecule has 0 radical (unpaired) electrons. The van der Waals surface area contributed by atoms with Gasteiger partial charge in [0.25, 0.3) is 0 Å². The highest BCUT2D eigenvalue weighted by atomic mass is 19.1. The van der Waals surface area contributed by atoms with Gasteiger partial charge in [0, 0.05) is 6.07 Å². The molecule has 0 aromatic heterocycles. The van der Waals surface area contributed by atoms with Crippen LogP contribution < -0.4 is 0 Å². The molecule has 2 aromatic rings. The number of aliphatic hydroxyl groups excluding tert-OH is 1. The summed E-state index contributed by atoms with van der Waals surface area (Å²) < 4.78 is 39.1. The Morgan fingerprint density at radius 1 is 0.900 bits per heavy atom. The van der Waals surface area contributed by atoms with Gasteiger partial charge in [0.05, 0.1) is 6.10 Å². The van der Waals surface area contributed by atoms with Crippen molar-refractivity contribution in [2.24, 2.45) is 0 Å². The van der Waals surface area contributed by atoms with Crippen LogP contribution in [0.3, 0.4) is 0 Å². The maximum atomic E-state index is 13.1. The quantitative estimate of drug-likeness (QED) is 0.908. The molecule has 1 unspecified atom stereocenters. The third-order valence-corrected chi connectivity index (χ3v) is 3.15. The van der Waals surface area contributed by atoms with Crippen molar-refractivity contribution >= 4 is 0 Å². The third-order valence-electron chi connectivity index (χ3n) is 3.15. The van der Waals surface area contributed by atoms with Crippen LogP contribution in [0.15, 0.2) is 36.4 Å². The lowest BCUT2D eigenvalue weighted by atomic mass is 9.98. The van der Waals surface area contributed by atoms with E-state index in [1.165, 1.54) is 24.3 Å². The topological polar surface area (TPSA) is 20.2 Å². The van der Waals surface area contributed by atoms with Crippen molar-refractivity contribution < 1.29 is 18.3 Å². The van der Waals surface area contributed by atoms with E-state index in [1.807, 2.05) is 0 Å². The highest BCUT2D eigenvalue weighted by molar-refractivity contribution is 5.27. The van der Waals surface area contributed by atoms with E-state index in [0.717, 1.165) is 17.2 Å². The standard InChI is InChI=1S/C16H15F3O/c1-10-4-13(17)3-2-12(10)8-16(20)7-11-5-14(18)9-15(19)6-11/h2-6,9,16,20H,7-8H2,1H3. The van der Waals surface area contributed by atoms with Gasteiger partial charge in [0.1, 0.15) is 17.5 Å². The van der Waals surface area contributed by atoms with Crippen LogP contribution in [0.4, 0.5) is 13.2 Å². The number of halogens is 3. The van der Waals surface area contributed by atoms with Crippen LogP contribution in [0, 0.1) is 24.4 Å². The summed E-state index contributed by atoms with van der Waals surface area (Å²) in [5, 5.41) is 9.99. The zero-order valence-electron chi connectivity index (χ0n) is 11.0. The summed E-state index contributed by atoms with van der Waals surface area (Å²) in [6.45, 7) is 1.76. The van der Waals surface area contributed by atoms with E-state index in [1.54, 1.807) is 13.0 Å². The van der Waals surface area contributed by atoms with E-state index in [0.29, 0.717) is 12.0 Å². The lowest BCUT2D eigenvalue weighted by Gasteiger charge is -2.13. The van der Waals surface area contributed by atoms with E-state index in [4.69, 9.17) is 0 Å². The molecule has 4 heteroatoms. The van der Waals surface area contributed by atoms with Gasteiger partial charge in [-0.15, -0.1) is 0 Å². The SMILES string of the molecule is Cc1cc(F)ccc1CC(O)Cc1cc(F)cc(F)c1. The molecule has 2 aromatic carbocycles. The van der Waals surface area contributed by atoms with Gasteiger partial charge in [-0.1, -0.05) is 6.07 Å². The number of benzene rings is 2. The molecule has 0 amide bonds. The number of hydrogen-bond acceptors (Lipinski definition) is 1. The minimum atomic E-state index is -0.777. The molecule has 0 aliphatic rings. The Morgan fingerprint density at radius 2 is 1.55 bits per heavy atom. The summed E-state index contributed by atoms with van der Waals surface area (Å²) in [7, 11) is 0. The molecular formula is C16H15F3O. The van der Waals surface area contributed by atoms with Crippen LogP contribution in [-0.2, 0) is 12.8 Å². The van der Waals surface area contributed by atoms with Gasteiger partial charge < -0.3 is 5.11 Å². The van der Waals surface area contributed by atoms with Crippen molar-refractivity contribution in [2.45, 2.75) is 25.9 Å². The zero-order valence-corrected chi connectivity index (χ0v) is 11.0. The van der Waals surface area contributed by atoms with Gasteiger partial charge in [-0.25, -0.2) is 13.2 Å². The molecule has 20 heavy (non-hydrogen) atoms. The molecule has 0 saturated carbocycles. The van der Waals surface area contributed by atoms with Crippen molar-refractivity contribution in [2.75, 3.05) is 0 Å². The van der Waals surface area contributed by atoms with E-state index in [-0.39, 0.29) is 12.2 Å². The van der Waals surface area contributed by atoms with Crippen molar-refractivity contribution in [3.63, 3.8) is 0 Å². The second-order valence-corrected chi connectivity index (χ2v) is 4.91. The molecule has 0 spiro atoms. The first-order valence-corrected chi connectivity index (χ1v) is 6.32. The molecule has 0 saturated heterocycles. The summed E-state index contributed by atoms with van der Waals surface area (Å²) in [6.07, 6.45) is -0.323. The predicted molar refractivity (Wildman–Crippen MR) is 70.9 cm³/mol. The molecule has 0 aliphatic heterocycles. The Balaban J connectivity index is 2.06. The Hall–Kier alpha value is -1.81. The number of aliphatic hydroxyl groups is 1. The maximum absolute atomic E-state index is 13.1. The Bertz CT molecular complexity index is 590. The van der Waals surface area contributed by atoms with E-state index < -0.39 is 17.7 Å². The Labute approximate surface area is 115 Å². The minimum absolute atomic E-state index is 0.144. The summed E-state index contributed by atoms with van der Waals surface area (Å²) in [5.41, 5.74) is 1.96. The third kappa shape index (κ3) is 3.84. The number of rotatable bonds is 4. The summed E-state index contributed by atoms with van der Waals surface area (Å²) in [5.74, 6) is -1.65. The molecule has 0 heterocycles. The fourth-order valence-corrected chi connectivity index (χ4v) is 2.22. The average Bonchev–Trinajstić information content (AvgIpc) is 2.31. The monoisotopic (exact) mass is 280 g/mol. The van der Waals surface area contributed by atoms with Gasteiger partial charge in [-0.3, -0.25) is 0 Å². The van der Waals surface area contributed by atoms with Crippen LogP contribution in [0.1, 0.15) is 16.7 Å². The zero-order chi connectivity index (χ0) is 14.7. The van der Waals surface area contributed by atoms with Crippen molar-refractivity contribution in [3.05, 3.63) is 70.5 Å². The second-order valence-electron chi connectivity index (χ2n) is 4.91.